The summed E-state index contributed by atoms with van der Waals surface area (Å²) in [4.78, 5) is 2.47. The monoisotopic (exact) mass is 188 g/mol. The van der Waals surface area contributed by atoms with Gasteiger partial charge in [-0.1, -0.05) is 6.92 Å². The van der Waals surface area contributed by atoms with Gasteiger partial charge in [-0.2, -0.15) is 11.8 Å². The highest BCUT2D eigenvalue weighted by molar-refractivity contribution is 7.99. The molecule has 0 bridgehead atoms. The number of nitrogens with two attached hydrogens (primary N) is 1. The van der Waals surface area contributed by atoms with E-state index in [1.54, 1.807) is 0 Å². The van der Waals surface area contributed by atoms with Crippen LogP contribution in [0.15, 0.2) is 0 Å². The maximum Gasteiger partial charge on any atom is 0.0226 e. The largest absolute Gasteiger partial charge is 0.324 e. The van der Waals surface area contributed by atoms with Crippen LogP contribution in [0.5, 0.6) is 0 Å². The predicted molar refractivity (Wildman–Crippen MR) is 56.6 cm³/mol. The van der Waals surface area contributed by atoms with Crippen molar-refractivity contribution >= 4 is 11.8 Å². The van der Waals surface area contributed by atoms with E-state index in [1.165, 1.54) is 18.8 Å². The third-order valence-electron chi connectivity index (χ3n) is 1.96. The summed E-state index contributed by atoms with van der Waals surface area (Å²) in [5.41, 5.74) is 5.92. The highest BCUT2D eigenvalue weighted by Crippen LogP contribution is 2.18. The fourth-order valence-corrected chi connectivity index (χ4v) is 2.69. The fourth-order valence-electron chi connectivity index (χ4n) is 1.61. The highest BCUT2D eigenvalue weighted by atomic mass is 32.2. The first-order chi connectivity index (χ1) is 5.47. The average Bonchev–Trinajstić information content (AvgIpc) is 1.82. The van der Waals surface area contributed by atoms with E-state index in [0.29, 0.717) is 0 Å². The molecule has 0 aromatic carbocycles. The third kappa shape index (κ3) is 3.78. The van der Waals surface area contributed by atoms with Crippen molar-refractivity contribution in [2.45, 2.75) is 31.6 Å². The Morgan fingerprint density at radius 1 is 1.58 bits per heavy atom. The van der Waals surface area contributed by atoms with Gasteiger partial charge in [0.25, 0.3) is 0 Å². The van der Waals surface area contributed by atoms with Gasteiger partial charge in [-0.3, -0.25) is 4.90 Å². The van der Waals surface area contributed by atoms with Gasteiger partial charge in [-0.05, 0) is 13.8 Å². The van der Waals surface area contributed by atoms with Gasteiger partial charge in [-0.25, -0.2) is 0 Å². The van der Waals surface area contributed by atoms with E-state index in [1.807, 2.05) is 0 Å². The number of hydrogen-bond acceptors (Lipinski definition) is 3. The van der Waals surface area contributed by atoms with Crippen LogP contribution in [0.3, 0.4) is 0 Å². The minimum Gasteiger partial charge on any atom is -0.324 e. The third-order valence-corrected chi connectivity index (χ3v) is 3.09. The average molecular weight is 188 g/mol. The molecule has 2 N–H and O–H groups in total. The Bertz CT molecular complexity index is 142. The zero-order valence-corrected chi connectivity index (χ0v) is 9.16. The Balaban J connectivity index is 2.32. The van der Waals surface area contributed by atoms with Crippen molar-refractivity contribution in [3.63, 3.8) is 0 Å². The molecule has 0 aromatic heterocycles. The zero-order chi connectivity index (χ0) is 9.19. The molecule has 12 heavy (non-hydrogen) atoms. The van der Waals surface area contributed by atoms with Gasteiger partial charge >= 0.3 is 0 Å². The molecule has 1 atom stereocenters. The van der Waals surface area contributed by atoms with Gasteiger partial charge in [0, 0.05) is 36.2 Å². The van der Waals surface area contributed by atoms with Crippen LogP contribution in [0.2, 0.25) is 0 Å². The van der Waals surface area contributed by atoms with Gasteiger partial charge in [0.1, 0.15) is 0 Å². The molecule has 1 aliphatic heterocycles. The first kappa shape index (κ1) is 10.4. The molecular formula is C9H20N2S. The molecule has 0 saturated carbocycles. The highest BCUT2D eigenvalue weighted by Gasteiger charge is 2.21. The van der Waals surface area contributed by atoms with Crippen molar-refractivity contribution < 1.29 is 0 Å². The first-order valence-corrected chi connectivity index (χ1v) is 5.65. The van der Waals surface area contributed by atoms with E-state index in [2.05, 4.69) is 37.4 Å². The molecule has 0 aliphatic carbocycles. The van der Waals surface area contributed by atoms with E-state index in [4.69, 9.17) is 5.73 Å². The molecule has 0 radical (unpaired) electrons. The van der Waals surface area contributed by atoms with Crippen LogP contribution >= 0.6 is 11.8 Å². The molecule has 0 amide bonds. The Hall–Kier alpha value is 0.270. The lowest BCUT2D eigenvalue weighted by atomic mass is 10.1. The van der Waals surface area contributed by atoms with Crippen LogP contribution in [0.4, 0.5) is 0 Å². The van der Waals surface area contributed by atoms with E-state index in [0.717, 1.165) is 11.8 Å². The van der Waals surface area contributed by atoms with E-state index in [-0.39, 0.29) is 5.54 Å². The van der Waals surface area contributed by atoms with Crippen LogP contribution in [-0.4, -0.2) is 41.1 Å². The van der Waals surface area contributed by atoms with E-state index < -0.39 is 0 Å². The van der Waals surface area contributed by atoms with Gasteiger partial charge in [0.05, 0.1) is 0 Å². The number of thioether (sulfide) groups is 1. The van der Waals surface area contributed by atoms with Crippen LogP contribution in [-0.2, 0) is 0 Å². The topological polar surface area (TPSA) is 29.3 Å². The van der Waals surface area contributed by atoms with Crippen LogP contribution in [0.1, 0.15) is 20.8 Å². The summed E-state index contributed by atoms with van der Waals surface area (Å²) in [6, 6.07) is 0. The number of rotatable bonds is 2. The van der Waals surface area contributed by atoms with Crippen LogP contribution < -0.4 is 5.73 Å². The SMILES string of the molecule is CC1CN(CC(C)(C)N)CCS1. The lowest BCUT2D eigenvalue weighted by molar-refractivity contribution is 0.235. The lowest BCUT2D eigenvalue weighted by Crippen LogP contribution is -2.49. The van der Waals surface area contributed by atoms with Crippen LogP contribution in [0.25, 0.3) is 0 Å². The molecule has 1 saturated heterocycles. The summed E-state index contributed by atoms with van der Waals surface area (Å²) >= 11 is 2.07. The van der Waals surface area contributed by atoms with Crippen molar-refractivity contribution in [2.75, 3.05) is 25.4 Å². The summed E-state index contributed by atoms with van der Waals surface area (Å²) in [6.07, 6.45) is 0. The van der Waals surface area contributed by atoms with E-state index >= 15 is 0 Å². The van der Waals surface area contributed by atoms with Crippen LogP contribution in [0, 0.1) is 0 Å². The second kappa shape index (κ2) is 3.99. The molecular weight excluding hydrogens is 168 g/mol. The molecule has 0 aromatic rings. The molecule has 72 valence electrons. The van der Waals surface area contributed by atoms with Gasteiger partial charge in [0.15, 0.2) is 0 Å². The summed E-state index contributed by atoms with van der Waals surface area (Å²) < 4.78 is 0. The van der Waals surface area contributed by atoms with Crippen molar-refractivity contribution in [3.8, 4) is 0 Å². The molecule has 1 fully saturated rings. The molecule has 2 nitrogen and oxygen atoms in total. The number of nitrogens with zero attached hydrogens (tertiary/aromatic N) is 1. The maximum absolute atomic E-state index is 5.96. The Morgan fingerprint density at radius 3 is 2.75 bits per heavy atom. The lowest BCUT2D eigenvalue weighted by Gasteiger charge is -2.34. The summed E-state index contributed by atoms with van der Waals surface area (Å²) in [5, 5.41) is 0.779. The quantitative estimate of drug-likeness (QED) is 0.705. The minimum absolute atomic E-state index is 0.0400. The summed E-state index contributed by atoms with van der Waals surface area (Å²) in [5.74, 6) is 1.26. The predicted octanol–water partition coefficient (Wildman–Crippen LogP) is 1.16. The summed E-state index contributed by atoms with van der Waals surface area (Å²) in [7, 11) is 0. The fraction of sp³-hybridized carbons (Fsp3) is 1.00. The van der Waals surface area contributed by atoms with Crippen molar-refractivity contribution in [3.05, 3.63) is 0 Å². The summed E-state index contributed by atoms with van der Waals surface area (Å²) in [6.45, 7) is 9.91. The molecule has 0 spiro atoms. The first-order valence-electron chi connectivity index (χ1n) is 4.60. The molecule has 1 rings (SSSR count). The van der Waals surface area contributed by atoms with Gasteiger partial charge in [-0.15, -0.1) is 0 Å². The maximum atomic E-state index is 5.96. The van der Waals surface area contributed by atoms with Crippen molar-refractivity contribution in [1.82, 2.24) is 4.90 Å². The smallest absolute Gasteiger partial charge is 0.0226 e. The standard InChI is InChI=1S/C9H20N2S/c1-8-6-11(4-5-12-8)7-9(2,3)10/h8H,4-7,10H2,1-3H3. The minimum atomic E-state index is -0.0400. The zero-order valence-electron chi connectivity index (χ0n) is 8.34. The second-order valence-corrected chi connectivity index (χ2v) is 5.95. The normalized spacial score (nSPS) is 27.5. The molecule has 1 unspecified atom stereocenters. The van der Waals surface area contributed by atoms with E-state index in [9.17, 15) is 0 Å². The van der Waals surface area contributed by atoms with Gasteiger partial charge in [0.2, 0.25) is 0 Å². The van der Waals surface area contributed by atoms with Gasteiger partial charge < -0.3 is 5.73 Å². The molecule has 1 aliphatic rings. The van der Waals surface area contributed by atoms with Crippen molar-refractivity contribution in [2.24, 2.45) is 5.73 Å². The number of hydrogen-bond donors (Lipinski definition) is 1. The molecule has 1 heterocycles. The Labute approximate surface area is 79.9 Å². The Kier molecular flexibility index (Phi) is 3.44. The van der Waals surface area contributed by atoms with Crippen molar-refractivity contribution in [1.29, 1.82) is 0 Å². The Morgan fingerprint density at radius 2 is 2.25 bits per heavy atom. The second-order valence-electron chi connectivity index (χ2n) is 4.41. The molecule has 3 heteroatoms.